The molecule has 144 valence electrons. The molecule has 0 aliphatic rings. The third-order valence-electron chi connectivity index (χ3n) is 4.22. The molecule has 0 aromatic heterocycles. The molecule has 0 radical (unpaired) electrons. The molecule has 1 unspecified atom stereocenters. The molecular formula is C21H24INO4. The Hall–Kier alpha value is -2.09. The topological polar surface area (TPSA) is 64.6 Å². The largest absolute Gasteiger partial charge is 0.496 e. The average Bonchev–Trinajstić information content (AvgIpc) is 2.69. The van der Waals surface area contributed by atoms with E-state index < -0.39 is 12.0 Å². The van der Waals surface area contributed by atoms with Crippen LogP contribution in [0, 0.1) is 3.57 Å². The number of benzene rings is 2. The predicted molar refractivity (Wildman–Crippen MR) is 113 cm³/mol. The van der Waals surface area contributed by atoms with Gasteiger partial charge in [0.15, 0.2) is 0 Å². The number of ether oxygens (including phenoxy) is 2. The zero-order chi connectivity index (χ0) is 19.6. The quantitative estimate of drug-likeness (QED) is 0.440. The van der Waals surface area contributed by atoms with Gasteiger partial charge in [-0.05, 0) is 52.6 Å². The van der Waals surface area contributed by atoms with Crippen LogP contribution in [0.1, 0.15) is 24.0 Å². The summed E-state index contributed by atoms with van der Waals surface area (Å²) in [5, 5.41) is 2.81. The predicted octanol–water partition coefficient (Wildman–Crippen LogP) is 3.52. The highest BCUT2D eigenvalue weighted by molar-refractivity contribution is 14.1. The van der Waals surface area contributed by atoms with Crippen LogP contribution in [0.4, 0.5) is 0 Å². The Bertz CT molecular complexity index is 764. The van der Waals surface area contributed by atoms with Crippen LogP contribution >= 0.6 is 22.6 Å². The molecule has 5 nitrogen and oxygen atoms in total. The summed E-state index contributed by atoms with van der Waals surface area (Å²) in [6.07, 6.45) is 2.26. The molecule has 0 saturated heterocycles. The van der Waals surface area contributed by atoms with Crippen LogP contribution in [0.2, 0.25) is 0 Å². The number of rotatable bonds is 9. The zero-order valence-corrected chi connectivity index (χ0v) is 17.7. The first-order valence-electron chi connectivity index (χ1n) is 8.77. The first kappa shape index (κ1) is 21.2. The molecule has 0 saturated carbocycles. The Balaban J connectivity index is 1.95. The second-order valence-corrected chi connectivity index (χ2v) is 7.20. The number of aryl methyl sites for hydroxylation is 1. The molecule has 2 aromatic rings. The van der Waals surface area contributed by atoms with Crippen molar-refractivity contribution in [2.24, 2.45) is 0 Å². The Morgan fingerprint density at radius 3 is 2.48 bits per heavy atom. The van der Waals surface area contributed by atoms with Gasteiger partial charge >= 0.3 is 5.97 Å². The highest BCUT2D eigenvalue weighted by atomic mass is 127. The van der Waals surface area contributed by atoms with Gasteiger partial charge in [-0.2, -0.15) is 0 Å². The fourth-order valence-corrected chi connectivity index (χ4v) is 3.59. The van der Waals surface area contributed by atoms with Gasteiger partial charge in [-0.3, -0.25) is 4.79 Å². The van der Waals surface area contributed by atoms with E-state index in [-0.39, 0.29) is 5.91 Å². The van der Waals surface area contributed by atoms with Gasteiger partial charge in [-0.15, -0.1) is 0 Å². The van der Waals surface area contributed by atoms with Crippen molar-refractivity contribution in [3.05, 3.63) is 63.2 Å². The first-order chi connectivity index (χ1) is 13.0. The molecule has 0 fully saturated rings. The van der Waals surface area contributed by atoms with E-state index in [0.29, 0.717) is 12.8 Å². The van der Waals surface area contributed by atoms with Crippen molar-refractivity contribution in [3.8, 4) is 5.75 Å². The molecule has 2 aromatic carbocycles. The number of nitrogens with one attached hydrogen (secondary N) is 1. The highest BCUT2D eigenvalue weighted by Crippen LogP contribution is 2.25. The summed E-state index contributed by atoms with van der Waals surface area (Å²) >= 11 is 2.18. The van der Waals surface area contributed by atoms with E-state index in [4.69, 9.17) is 9.47 Å². The van der Waals surface area contributed by atoms with Crippen molar-refractivity contribution in [1.82, 2.24) is 5.32 Å². The standard InChI is InChI=1S/C21H24INO4/c1-26-18-12-7-11-16(20(18)22)14-17(21(25)27-2)23-19(24)13-6-10-15-8-4-3-5-9-15/h3-5,7-9,11-12,17H,6,10,13-14H2,1-2H3,(H,23,24). The summed E-state index contributed by atoms with van der Waals surface area (Å²) in [4.78, 5) is 24.5. The maximum absolute atomic E-state index is 12.3. The van der Waals surface area contributed by atoms with E-state index in [9.17, 15) is 9.59 Å². The monoisotopic (exact) mass is 481 g/mol. The van der Waals surface area contributed by atoms with Gasteiger partial charge in [0, 0.05) is 12.8 Å². The van der Waals surface area contributed by atoms with Crippen LogP contribution < -0.4 is 10.1 Å². The maximum Gasteiger partial charge on any atom is 0.328 e. The van der Waals surface area contributed by atoms with Crippen LogP contribution in [-0.2, 0) is 27.2 Å². The van der Waals surface area contributed by atoms with E-state index in [0.717, 1.165) is 27.7 Å². The van der Waals surface area contributed by atoms with E-state index in [1.807, 2.05) is 48.5 Å². The van der Waals surface area contributed by atoms with Crippen molar-refractivity contribution in [1.29, 1.82) is 0 Å². The number of hydrogen-bond acceptors (Lipinski definition) is 4. The van der Waals surface area contributed by atoms with E-state index >= 15 is 0 Å². The second kappa shape index (κ2) is 10.9. The number of carbonyl (C=O) groups is 2. The summed E-state index contributed by atoms with van der Waals surface area (Å²) in [5.41, 5.74) is 2.12. The highest BCUT2D eigenvalue weighted by Gasteiger charge is 2.23. The Kier molecular flexibility index (Phi) is 8.57. The molecule has 0 aliphatic carbocycles. The molecular weight excluding hydrogens is 457 g/mol. The molecule has 27 heavy (non-hydrogen) atoms. The van der Waals surface area contributed by atoms with Crippen LogP contribution in [0.25, 0.3) is 0 Å². The molecule has 1 amide bonds. The molecule has 1 N–H and O–H groups in total. The smallest absolute Gasteiger partial charge is 0.328 e. The van der Waals surface area contributed by atoms with Crippen LogP contribution in [0.5, 0.6) is 5.75 Å². The van der Waals surface area contributed by atoms with E-state index in [1.165, 1.54) is 12.7 Å². The van der Waals surface area contributed by atoms with E-state index in [2.05, 4.69) is 27.9 Å². The molecule has 1 atom stereocenters. The zero-order valence-electron chi connectivity index (χ0n) is 15.5. The number of amides is 1. The Morgan fingerprint density at radius 1 is 1.07 bits per heavy atom. The van der Waals surface area contributed by atoms with Crippen LogP contribution in [0.15, 0.2) is 48.5 Å². The lowest BCUT2D eigenvalue weighted by atomic mass is 10.0. The van der Waals surface area contributed by atoms with Crippen molar-refractivity contribution in [3.63, 3.8) is 0 Å². The van der Waals surface area contributed by atoms with E-state index in [1.54, 1.807) is 7.11 Å². The van der Waals surface area contributed by atoms with Gasteiger partial charge in [0.1, 0.15) is 11.8 Å². The molecule has 0 bridgehead atoms. The fourth-order valence-electron chi connectivity index (χ4n) is 2.79. The minimum atomic E-state index is -0.722. The van der Waals surface area contributed by atoms with Gasteiger partial charge in [-0.1, -0.05) is 42.5 Å². The van der Waals surface area contributed by atoms with Crippen LogP contribution in [-0.4, -0.2) is 32.1 Å². The molecule has 6 heteroatoms. The van der Waals surface area contributed by atoms with Gasteiger partial charge in [-0.25, -0.2) is 4.79 Å². The number of hydrogen-bond donors (Lipinski definition) is 1. The number of carbonyl (C=O) groups excluding carboxylic acids is 2. The summed E-state index contributed by atoms with van der Waals surface area (Å²) in [5.74, 6) is 0.134. The second-order valence-electron chi connectivity index (χ2n) is 6.12. The molecule has 0 heterocycles. The molecule has 0 aliphatic heterocycles. The third kappa shape index (κ3) is 6.53. The van der Waals surface area contributed by atoms with Crippen molar-refractivity contribution in [2.75, 3.05) is 14.2 Å². The number of halogens is 1. The average molecular weight is 481 g/mol. The summed E-state index contributed by atoms with van der Waals surface area (Å²) in [6, 6.07) is 14.9. The first-order valence-corrected chi connectivity index (χ1v) is 9.85. The molecule has 2 rings (SSSR count). The lowest BCUT2D eigenvalue weighted by Crippen LogP contribution is -2.43. The Labute approximate surface area is 173 Å². The number of methoxy groups -OCH3 is 2. The Morgan fingerprint density at radius 2 is 1.81 bits per heavy atom. The molecule has 0 spiro atoms. The van der Waals surface area contributed by atoms with Gasteiger partial charge in [0.2, 0.25) is 5.91 Å². The number of esters is 1. The third-order valence-corrected chi connectivity index (χ3v) is 5.44. The summed E-state index contributed by atoms with van der Waals surface area (Å²) in [7, 11) is 2.93. The minimum Gasteiger partial charge on any atom is -0.496 e. The maximum atomic E-state index is 12.3. The normalized spacial score (nSPS) is 11.5. The lowest BCUT2D eigenvalue weighted by molar-refractivity contribution is -0.145. The minimum absolute atomic E-state index is 0.153. The van der Waals surface area contributed by atoms with Gasteiger partial charge < -0.3 is 14.8 Å². The summed E-state index contributed by atoms with van der Waals surface area (Å²) < 4.78 is 11.1. The SMILES string of the molecule is COC(=O)C(Cc1cccc(OC)c1I)NC(=O)CCCc1ccccc1. The van der Waals surface area contributed by atoms with Crippen molar-refractivity contribution < 1.29 is 19.1 Å². The van der Waals surface area contributed by atoms with Crippen molar-refractivity contribution >= 4 is 34.5 Å². The lowest BCUT2D eigenvalue weighted by Gasteiger charge is -2.18. The van der Waals surface area contributed by atoms with Crippen LogP contribution in [0.3, 0.4) is 0 Å². The summed E-state index contributed by atoms with van der Waals surface area (Å²) in [6.45, 7) is 0. The van der Waals surface area contributed by atoms with Gasteiger partial charge in [0.05, 0.1) is 17.8 Å². The van der Waals surface area contributed by atoms with Crippen molar-refractivity contribution in [2.45, 2.75) is 31.7 Å². The fraction of sp³-hybridized carbons (Fsp3) is 0.333. The van der Waals surface area contributed by atoms with Gasteiger partial charge in [0.25, 0.3) is 0 Å².